The summed E-state index contributed by atoms with van der Waals surface area (Å²) in [5.74, 6) is 1.31. The summed E-state index contributed by atoms with van der Waals surface area (Å²) in [5, 5.41) is 12.0. The summed E-state index contributed by atoms with van der Waals surface area (Å²) in [7, 11) is 0. The second kappa shape index (κ2) is 7.77. The second-order valence-corrected chi connectivity index (χ2v) is 7.18. The van der Waals surface area contributed by atoms with Crippen molar-refractivity contribution in [2.75, 3.05) is 13.1 Å². The van der Waals surface area contributed by atoms with E-state index in [1.165, 1.54) is 6.20 Å². The van der Waals surface area contributed by atoms with Crippen molar-refractivity contribution in [3.8, 4) is 17.7 Å². The first-order valence-corrected chi connectivity index (χ1v) is 9.46. The Kier molecular flexibility index (Phi) is 5.02. The highest BCUT2D eigenvalue weighted by molar-refractivity contribution is 5.75. The maximum Gasteiger partial charge on any atom is 0.318 e. The van der Waals surface area contributed by atoms with Gasteiger partial charge >= 0.3 is 6.03 Å². The molecule has 28 heavy (non-hydrogen) atoms. The number of ether oxygens (including phenoxy) is 2. The molecule has 0 spiro atoms. The fraction of sp³-hybridized carbons (Fsp3) is 0.381. The van der Waals surface area contributed by atoms with E-state index in [-0.39, 0.29) is 24.3 Å². The molecule has 2 aromatic rings. The maximum atomic E-state index is 12.8. The topological polar surface area (TPSA) is 87.5 Å². The predicted molar refractivity (Wildman–Crippen MR) is 102 cm³/mol. The number of benzene rings is 1. The highest BCUT2D eigenvalue weighted by Gasteiger charge is 2.32. The molecule has 0 bridgehead atoms. The molecule has 2 aliphatic rings. The molecule has 1 aromatic heterocycles. The smallest absolute Gasteiger partial charge is 0.318 e. The summed E-state index contributed by atoms with van der Waals surface area (Å²) in [5.41, 5.74) is 1.51. The van der Waals surface area contributed by atoms with Crippen molar-refractivity contribution >= 4 is 6.03 Å². The van der Waals surface area contributed by atoms with Crippen LogP contribution in [0.4, 0.5) is 4.79 Å². The highest BCUT2D eigenvalue weighted by atomic mass is 16.5. The first kappa shape index (κ1) is 18.1. The van der Waals surface area contributed by atoms with Gasteiger partial charge in [0, 0.05) is 37.2 Å². The van der Waals surface area contributed by atoms with Gasteiger partial charge in [0.15, 0.2) is 0 Å². The SMILES string of the molecule is C[C@@H]1C[C@@H](NC(=O)N2CCC(Oc3ccc(C#N)cn3)C2)c2ccccc2O1. The number of nitrogens with zero attached hydrogens (tertiary/aromatic N) is 3. The third-order valence-electron chi connectivity index (χ3n) is 5.07. The third-order valence-corrected chi connectivity index (χ3v) is 5.07. The van der Waals surface area contributed by atoms with E-state index >= 15 is 0 Å². The number of urea groups is 1. The van der Waals surface area contributed by atoms with Gasteiger partial charge in [-0.3, -0.25) is 0 Å². The monoisotopic (exact) mass is 378 g/mol. The zero-order chi connectivity index (χ0) is 19.5. The van der Waals surface area contributed by atoms with Gasteiger partial charge in [0.05, 0.1) is 24.3 Å². The van der Waals surface area contributed by atoms with Gasteiger partial charge in [0.25, 0.3) is 0 Å². The van der Waals surface area contributed by atoms with Crippen LogP contribution in [0.15, 0.2) is 42.6 Å². The Balaban J connectivity index is 1.35. The van der Waals surface area contributed by atoms with E-state index in [0.29, 0.717) is 24.5 Å². The van der Waals surface area contributed by atoms with E-state index in [1.807, 2.05) is 37.3 Å². The van der Waals surface area contributed by atoms with Crippen molar-refractivity contribution in [3.05, 3.63) is 53.7 Å². The molecular weight excluding hydrogens is 356 g/mol. The van der Waals surface area contributed by atoms with Crippen LogP contribution < -0.4 is 14.8 Å². The van der Waals surface area contributed by atoms with E-state index in [1.54, 1.807) is 17.0 Å². The van der Waals surface area contributed by atoms with Gasteiger partial charge in [0.1, 0.15) is 17.9 Å². The molecule has 3 heterocycles. The molecule has 7 heteroatoms. The van der Waals surface area contributed by atoms with Crippen LogP contribution in [0.2, 0.25) is 0 Å². The number of para-hydroxylation sites is 1. The standard InChI is InChI=1S/C21H22N4O3/c1-14-10-18(17-4-2-3-5-19(17)27-14)24-21(26)25-9-8-16(13-25)28-20-7-6-15(11-22)12-23-20/h2-7,12,14,16,18H,8-10,13H2,1H3,(H,24,26)/t14-,16?,18-/m1/s1. The molecule has 1 aromatic carbocycles. The molecule has 2 aliphatic heterocycles. The van der Waals surface area contributed by atoms with Crippen molar-refractivity contribution in [2.45, 2.75) is 38.0 Å². The number of rotatable bonds is 3. The number of nitrogens with one attached hydrogen (secondary N) is 1. The minimum atomic E-state index is -0.105. The summed E-state index contributed by atoms with van der Waals surface area (Å²) < 4.78 is 11.7. The van der Waals surface area contributed by atoms with Crippen LogP contribution in [0.3, 0.4) is 0 Å². The number of pyridine rings is 1. The minimum absolute atomic E-state index is 0.0531. The van der Waals surface area contributed by atoms with Crippen LogP contribution in [0.5, 0.6) is 11.6 Å². The predicted octanol–water partition coefficient (Wildman–Crippen LogP) is 3.03. The van der Waals surface area contributed by atoms with Crippen LogP contribution >= 0.6 is 0 Å². The van der Waals surface area contributed by atoms with Gasteiger partial charge in [-0.1, -0.05) is 18.2 Å². The number of nitriles is 1. The van der Waals surface area contributed by atoms with Gasteiger partial charge < -0.3 is 19.7 Å². The lowest BCUT2D eigenvalue weighted by molar-refractivity contribution is 0.155. The molecule has 4 rings (SSSR count). The number of likely N-dealkylation sites (tertiary alicyclic amines) is 1. The molecule has 1 N–H and O–H groups in total. The summed E-state index contributed by atoms with van der Waals surface area (Å²) in [6, 6.07) is 13.1. The number of fused-ring (bicyclic) bond motifs is 1. The van der Waals surface area contributed by atoms with Gasteiger partial charge in [-0.15, -0.1) is 0 Å². The summed E-state index contributed by atoms with van der Waals surface area (Å²) >= 11 is 0. The largest absolute Gasteiger partial charge is 0.490 e. The molecule has 144 valence electrons. The molecule has 7 nitrogen and oxygen atoms in total. The number of aromatic nitrogens is 1. The number of hydrogen-bond acceptors (Lipinski definition) is 5. The molecule has 0 saturated carbocycles. The first-order valence-electron chi connectivity index (χ1n) is 9.46. The highest BCUT2D eigenvalue weighted by Crippen LogP contribution is 2.34. The molecule has 0 aliphatic carbocycles. The van der Waals surface area contributed by atoms with Crippen molar-refractivity contribution in [2.24, 2.45) is 0 Å². The molecule has 1 fully saturated rings. The van der Waals surface area contributed by atoms with E-state index in [4.69, 9.17) is 14.7 Å². The van der Waals surface area contributed by atoms with E-state index in [0.717, 1.165) is 24.2 Å². The van der Waals surface area contributed by atoms with Crippen molar-refractivity contribution in [1.29, 1.82) is 5.26 Å². The molecular formula is C21H22N4O3. The average molecular weight is 378 g/mol. The van der Waals surface area contributed by atoms with Gasteiger partial charge in [0.2, 0.25) is 5.88 Å². The lowest BCUT2D eigenvalue weighted by atomic mass is 9.97. The fourth-order valence-corrected chi connectivity index (χ4v) is 3.67. The zero-order valence-corrected chi connectivity index (χ0v) is 15.7. The van der Waals surface area contributed by atoms with Crippen LogP contribution in [0, 0.1) is 11.3 Å². The van der Waals surface area contributed by atoms with E-state index in [2.05, 4.69) is 10.3 Å². The Morgan fingerprint density at radius 1 is 1.36 bits per heavy atom. The average Bonchev–Trinajstić information content (AvgIpc) is 3.17. The molecule has 1 saturated heterocycles. The summed E-state index contributed by atoms with van der Waals surface area (Å²) in [6.07, 6.45) is 2.92. The van der Waals surface area contributed by atoms with E-state index in [9.17, 15) is 4.79 Å². The Bertz CT molecular complexity index is 893. The number of carbonyl (C=O) groups excluding carboxylic acids is 1. The van der Waals surface area contributed by atoms with Crippen molar-refractivity contribution < 1.29 is 14.3 Å². The Morgan fingerprint density at radius 3 is 3.00 bits per heavy atom. The Hall–Kier alpha value is -3.27. The molecule has 3 atom stereocenters. The number of hydrogen-bond donors (Lipinski definition) is 1. The van der Waals surface area contributed by atoms with Crippen LogP contribution in [-0.2, 0) is 0 Å². The van der Waals surface area contributed by atoms with Gasteiger partial charge in [-0.25, -0.2) is 9.78 Å². The summed E-state index contributed by atoms with van der Waals surface area (Å²) in [4.78, 5) is 18.7. The van der Waals surface area contributed by atoms with Crippen LogP contribution in [0.25, 0.3) is 0 Å². The van der Waals surface area contributed by atoms with Crippen molar-refractivity contribution in [3.63, 3.8) is 0 Å². The molecule has 2 amide bonds. The van der Waals surface area contributed by atoms with Gasteiger partial charge in [-0.2, -0.15) is 5.26 Å². The Labute approximate surface area is 163 Å². The summed E-state index contributed by atoms with van der Waals surface area (Å²) in [6.45, 7) is 3.15. The van der Waals surface area contributed by atoms with Crippen LogP contribution in [-0.4, -0.2) is 41.2 Å². The lowest BCUT2D eigenvalue weighted by Crippen LogP contribution is -2.43. The van der Waals surface area contributed by atoms with Gasteiger partial charge in [-0.05, 0) is 19.1 Å². The second-order valence-electron chi connectivity index (χ2n) is 7.18. The Morgan fingerprint density at radius 2 is 2.21 bits per heavy atom. The number of carbonyl (C=O) groups is 1. The molecule has 1 unspecified atom stereocenters. The fourth-order valence-electron chi connectivity index (χ4n) is 3.67. The third kappa shape index (κ3) is 3.86. The number of amides is 2. The van der Waals surface area contributed by atoms with E-state index < -0.39 is 0 Å². The van der Waals surface area contributed by atoms with Crippen LogP contribution in [0.1, 0.15) is 36.9 Å². The first-order chi connectivity index (χ1) is 13.6. The molecule has 0 radical (unpaired) electrons. The normalized spacial score (nSPS) is 23.3. The zero-order valence-electron chi connectivity index (χ0n) is 15.7. The minimum Gasteiger partial charge on any atom is -0.490 e. The van der Waals surface area contributed by atoms with Crippen molar-refractivity contribution in [1.82, 2.24) is 15.2 Å². The lowest BCUT2D eigenvalue weighted by Gasteiger charge is -2.32. The quantitative estimate of drug-likeness (QED) is 0.887. The maximum absolute atomic E-state index is 12.8.